The number of hydrogen-bond donors (Lipinski definition) is 3. The largest absolute Gasteiger partial charge is 0.341 e. The molecular weight excluding hydrogens is 262 g/mol. The molecule has 0 aromatic carbocycles. The Hall–Kier alpha value is -1.99. The second-order valence-corrected chi connectivity index (χ2v) is 5.38. The van der Waals surface area contributed by atoms with Crippen molar-refractivity contribution in [1.82, 2.24) is 15.3 Å². The molecule has 19 heavy (non-hydrogen) atoms. The third-order valence-electron chi connectivity index (χ3n) is 2.61. The molecule has 100 valence electrons. The maximum atomic E-state index is 12.3. The molecule has 7 heteroatoms. The zero-order chi connectivity index (χ0) is 13.9. The number of thiazole rings is 1. The van der Waals surface area contributed by atoms with Crippen LogP contribution in [0, 0.1) is 0 Å². The lowest BCUT2D eigenvalue weighted by Crippen LogP contribution is -2.41. The van der Waals surface area contributed by atoms with Gasteiger partial charge in [0.1, 0.15) is 5.01 Å². The highest BCUT2D eigenvalue weighted by Crippen LogP contribution is 2.23. The maximum absolute atomic E-state index is 12.3. The molecular formula is C12H15N5OS. The molecule has 0 atom stereocenters. The van der Waals surface area contributed by atoms with Gasteiger partial charge in [-0.25, -0.2) is 4.98 Å². The Morgan fingerprint density at radius 2 is 2.21 bits per heavy atom. The topological polar surface area (TPSA) is 92.9 Å². The number of nitrogens with one attached hydrogen (secondary N) is 2. The zero-order valence-electron chi connectivity index (χ0n) is 10.7. The molecule has 0 saturated heterocycles. The lowest BCUT2D eigenvalue weighted by molar-refractivity contribution is 0.0912. The van der Waals surface area contributed by atoms with Crippen molar-refractivity contribution in [1.29, 1.82) is 0 Å². The second kappa shape index (κ2) is 5.33. The van der Waals surface area contributed by atoms with Crippen LogP contribution in [0.1, 0.15) is 29.2 Å². The Bertz CT molecular complexity index is 567. The van der Waals surface area contributed by atoms with Gasteiger partial charge in [0.25, 0.3) is 5.91 Å². The number of rotatable bonds is 4. The van der Waals surface area contributed by atoms with Crippen LogP contribution >= 0.6 is 11.3 Å². The van der Waals surface area contributed by atoms with Gasteiger partial charge in [-0.1, -0.05) is 0 Å². The molecule has 2 rings (SSSR count). The second-order valence-electron chi connectivity index (χ2n) is 4.48. The van der Waals surface area contributed by atoms with Crippen molar-refractivity contribution in [2.75, 3.05) is 5.43 Å². The number of anilines is 1. The normalized spacial score (nSPS) is 11.1. The monoisotopic (exact) mass is 277 g/mol. The standard InChI is InChI=1S/C12H15N5OS/c1-12(2,11-15-5-6-19-11)16-10(18)8-7-14-4-3-9(8)17-13/h3-7H,13H2,1-2H3,(H,14,17)(H,16,18). The van der Waals surface area contributed by atoms with Gasteiger partial charge in [-0.05, 0) is 19.9 Å². The lowest BCUT2D eigenvalue weighted by atomic mass is 10.1. The summed E-state index contributed by atoms with van der Waals surface area (Å²) in [6.45, 7) is 3.80. The highest BCUT2D eigenvalue weighted by molar-refractivity contribution is 7.09. The molecule has 6 nitrogen and oxygen atoms in total. The van der Waals surface area contributed by atoms with Gasteiger partial charge >= 0.3 is 0 Å². The molecule has 0 aliphatic rings. The van der Waals surface area contributed by atoms with E-state index in [1.807, 2.05) is 19.2 Å². The Morgan fingerprint density at radius 3 is 2.84 bits per heavy atom. The van der Waals surface area contributed by atoms with Crippen molar-refractivity contribution in [3.63, 3.8) is 0 Å². The van der Waals surface area contributed by atoms with Crippen molar-refractivity contribution in [3.05, 3.63) is 40.6 Å². The van der Waals surface area contributed by atoms with Gasteiger partial charge in [-0.2, -0.15) is 0 Å². The first-order valence-electron chi connectivity index (χ1n) is 5.67. The molecule has 2 aromatic heterocycles. The van der Waals surface area contributed by atoms with Crippen molar-refractivity contribution in [2.45, 2.75) is 19.4 Å². The number of pyridine rings is 1. The predicted molar refractivity (Wildman–Crippen MR) is 74.7 cm³/mol. The van der Waals surface area contributed by atoms with Crippen LogP contribution in [0.2, 0.25) is 0 Å². The van der Waals surface area contributed by atoms with E-state index >= 15 is 0 Å². The van der Waals surface area contributed by atoms with Gasteiger partial charge in [0.05, 0.1) is 16.8 Å². The zero-order valence-corrected chi connectivity index (χ0v) is 11.5. The summed E-state index contributed by atoms with van der Waals surface area (Å²) >= 11 is 1.50. The first-order chi connectivity index (χ1) is 9.04. The Morgan fingerprint density at radius 1 is 1.42 bits per heavy atom. The Labute approximate surface area is 115 Å². The van der Waals surface area contributed by atoms with Gasteiger partial charge in [0, 0.05) is 24.0 Å². The van der Waals surface area contributed by atoms with Gasteiger partial charge in [0.2, 0.25) is 0 Å². The summed E-state index contributed by atoms with van der Waals surface area (Å²) in [7, 11) is 0. The van der Waals surface area contributed by atoms with Crippen LogP contribution in [-0.2, 0) is 5.54 Å². The molecule has 0 aliphatic carbocycles. The summed E-state index contributed by atoms with van der Waals surface area (Å²) in [6, 6.07) is 1.64. The predicted octanol–water partition coefficient (Wildman–Crippen LogP) is 1.49. The molecule has 0 radical (unpaired) electrons. The fraction of sp³-hybridized carbons (Fsp3) is 0.250. The first-order valence-corrected chi connectivity index (χ1v) is 6.55. The van der Waals surface area contributed by atoms with Crippen LogP contribution in [0.3, 0.4) is 0 Å². The maximum Gasteiger partial charge on any atom is 0.255 e. The number of carbonyl (C=O) groups is 1. The van der Waals surface area contributed by atoms with Crippen molar-refractivity contribution < 1.29 is 4.79 Å². The fourth-order valence-corrected chi connectivity index (χ4v) is 2.36. The Kier molecular flexibility index (Phi) is 3.77. The van der Waals surface area contributed by atoms with Crippen LogP contribution in [0.15, 0.2) is 30.0 Å². The summed E-state index contributed by atoms with van der Waals surface area (Å²) in [5.74, 6) is 5.13. The van der Waals surface area contributed by atoms with E-state index < -0.39 is 5.54 Å². The van der Waals surface area contributed by atoms with E-state index in [0.29, 0.717) is 11.3 Å². The van der Waals surface area contributed by atoms with Crippen molar-refractivity contribution in [2.24, 2.45) is 5.84 Å². The van der Waals surface area contributed by atoms with Crippen LogP contribution in [0.4, 0.5) is 5.69 Å². The lowest BCUT2D eigenvalue weighted by Gasteiger charge is -2.24. The number of aromatic nitrogens is 2. The molecule has 0 aliphatic heterocycles. The number of hydrogen-bond acceptors (Lipinski definition) is 6. The Balaban J connectivity index is 2.22. The van der Waals surface area contributed by atoms with Gasteiger partial charge in [0.15, 0.2) is 0 Å². The molecule has 2 heterocycles. The highest BCUT2D eigenvalue weighted by Gasteiger charge is 2.26. The molecule has 0 spiro atoms. The van der Waals surface area contributed by atoms with Gasteiger partial charge < -0.3 is 10.7 Å². The van der Waals surface area contributed by atoms with Crippen LogP contribution in [0.25, 0.3) is 0 Å². The number of nitrogen functional groups attached to an aromatic ring is 1. The average Bonchev–Trinajstić information content (AvgIpc) is 2.93. The van der Waals surface area contributed by atoms with Gasteiger partial charge in [-0.15, -0.1) is 11.3 Å². The SMILES string of the molecule is CC(C)(NC(=O)c1cnccc1NN)c1nccs1. The first kappa shape index (κ1) is 13.4. The van der Waals surface area contributed by atoms with Gasteiger partial charge in [-0.3, -0.25) is 15.6 Å². The number of carbonyl (C=O) groups excluding carboxylic acids is 1. The molecule has 0 unspecified atom stereocenters. The number of amides is 1. The summed E-state index contributed by atoms with van der Waals surface area (Å²) in [5.41, 5.74) is 2.86. The summed E-state index contributed by atoms with van der Waals surface area (Å²) in [4.78, 5) is 20.4. The fourth-order valence-electron chi connectivity index (χ4n) is 1.64. The van der Waals surface area contributed by atoms with Crippen molar-refractivity contribution in [3.8, 4) is 0 Å². The average molecular weight is 277 g/mol. The highest BCUT2D eigenvalue weighted by atomic mass is 32.1. The third-order valence-corrected chi connectivity index (χ3v) is 3.71. The molecule has 0 saturated carbocycles. The number of nitrogens with two attached hydrogens (primary N) is 1. The van der Waals surface area contributed by atoms with Crippen molar-refractivity contribution >= 4 is 22.9 Å². The quantitative estimate of drug-likeness (QED) is 0.581. The number of hydrazine groups is 1. The minimum atomic E-state index is -0.549. The molecule has 0 fully saturated rings. The molecule has 0 bridgehead atoms. The molecule has 2 aromatic rings. The smallest absolute Gasteiger partial charge is 0.255 e. The molecule has 4 N–H and O–H groups in total. The van der Waals surface area contributed by atoms with E-state index in [0.717, 1.165) is 5.01 Å². The van der Waals surface area contributed by atoms with E-state index in [2.05, 4.69) is 20.7 Å². The van der Waals surface area contributed by atoms with E-state index in [9.17, 15) is 4.79 Å². The van der Waals surface area contributed by atoms with Crippen LogP contribution in [0.5, 0.6) is 0 Å². The third kappa shape index (κ3) is 2.88. The summed E-state index contributed by atoms with van der Waals surface area (Å²) in [5, 5.41) is 5.64. The number of nitrogens with zero attached hydrogens (tertiary/aromatic N) is 2. The van der Waals surface area contributed by atoms with Crippen LogP contribution < -0.4 is 16.6 Å². The summed E-state index contributed by atoms with van der Waals surface area (Å²) in [6.07, 6.45) is 4.76. The molecule has 1 amide bonds. The minimum absolute atomic E-state index is 0.249. The van der Waals surface area contributed by atoms with E-state index in [1.54, 1.807) is 18.5 Å². The van der Waals surface area contributed by atoms with Crippen LogP contribution in [-0.4, -0.2) is 15.9 Å². The van der Waals surface area contributed by atoms with E-state index in [1.165, 1.54) is 17.5 Å². The minimum Gasteiger partial charge on any atom is -0.341 e. The van der Waals surface area contributed by atoms with E-state index in [-0.39, 0.29) is 5.91 Å². The van der Waals surface area contributed by atoms with E-state index in [4.69, 9.17) is 5.84 Å². The summed E-state index contributed by atoms with van der Waals surface area (Å²) < 4.78 is 0.